The summed E-state index contributed by atoms with van der Waals surface area (Å²) in [6.45, 7) is 9.56. The average Bonchev–Trinajstić information content (AvgIpc) is 2.90. The third kappa shape index (κ3) is 8.33. The van der Waals surface area contributed by atoms with E-state index in [-0.39, 0.29) is 5.91 Å². The molecule has 0 radical (unpaired) electrons. The summed E-state index contributed by atoms with van der Waals surface area (Å²) >= 11 is 0. The van der Waals surface area contributed by atoms with Crippen LogP contribution in [-0.4, -0.2) is 57.4 Å². The van der Waals surface area contributed by atoms with E-state index in [1.54, 1.807) is 7.11 Å². The highest BCUT2D eigenvalue weighted by atomic mass is 16.5. The molecule has 0 aromatic heterocycles. The predicted octanol–water partition coefficient (Wildman–Crippen LogP) is 5.13. The van der Waals surface area contributed by atoms with Crippen molar-refractivity contribution in [2.75, 3.05) is 46.6 Å². The Kier molecular flexibility index (Phi) is 10.2. The van der Waals surface area contributed by atoms with Crippen molar-refractivity contribution in [1.29, 1.82) is 0 Å². The first-order chi connectivity index (χ1) is 18.5. The molecule has 38 heavy (non-hydrogen) atoms. The maximum atomic E-state index is 13.0. The molecule has 0 spiro atoms. The Bertz CT molecular complexity index is 1190. The van der Waals surface area contributed by atoms with E-state index in [0.717, 1.165) is 48.7 Å². The number of nitrogens with zero attached hydrogens (tertiary/aromatic N) is 1. The second-order valence-electron chi connectivity index (χ2n) is 10.3. The quantitative estimate of drug-likeness (QED) is 0.472. The van der Waals surface area contributed by atoms with E-state index in [1.165, 1.54) is 11.1 Å². The summed E-state index contributed by atoms with van der Waals surface area (Å²) in [6, 6.07) is 22.3. The number of methoxy groups -OCH3 is 1. The molecule has 3 aromatic rings. The number of carbonyl (C=O) groups is 1. The van der Waals surface area contributed by atoms with Crippen LogP contribution in [-0.2, 0) is 24.1 Å². The third-order valence-electron chi connectivity index (χ3n) is 6.61. The van der Waals surface area contributed by atoms with Crippen LogP contribution in [0, 0.1) is 5.92 Å². The molecule has 0 aliphatic carbocycles. The number of hydrogen-bond acceptors (Lipinski definition) is 5. The van der Waals surface area contributed by atoms with Gasteiger partial charge in [-0.3, -0.25) is 9.69 Å². The van der Waals surface area contributed by atoms with Crippen LogP contribution in [0.15, 0.2) is 66.7 Å². The normalized spacial score (nSPS) is 14.7. The maximum Gasteiger partial charge on any atom is 0.251 e. The lowest BCUT2D eigenvalue weighted by atomic mass is 9.99. The Labute approximate surface area is 226 Å². The SMILES string of the molecule is COc1cccc(CCNC(=O)c2ccc3c(c2)Cc2cccc(c2)CN(CC(C)C)CCOCCO3)c1. The zero-order chi connectivity index (χ0) is 26.7. The molecule has 1 aliphatic rings. The van der Waals surface area contributed by atoms with Gasteiger partial charge in [-0.2, -0.15) is 0 Å². The first-order valence-corrected chi connectivity index (χ1v) is 13.5. The van der Waals surface area contributed by atoms with Crippen LogP contribution >= 0.6 is 0 Å². The van der Waals surface area contributed by atoms with Crippen LogP contribution in [0.25, 0.3) is 0 Å². The fourth-order valence-corrected chi connectivity index (χ4v) is 4.82. The second kappa shape index (κ2) is 14.0. The van der Waals surface area contributed by atoms with Crippen LogP contribution in [0.4, 0.5) is 0 Å². The van der Waals surface area contributed by atoms with Gasteiger partial charge in [-0.15, -0.1) is 0 Å². The van der Waals surface area contributed by atoms with Crippen LogP contribution in [0.2, 0.25) is 0 Å². The van der Waals surface area contributed by atoms with Gasteiger partial charge in [0.05, 0.1) is 20.3 Å². The van der Waals surface area contributed by atoms with Gasteiger partial charge in [-0.05, 0) is 64.9 Å². The van der Waals surface area contributed by atoms with Crippen LogP contribution < -0.4 is 14.8 Å². The molecule has 0 atom stereocenters. The molecular formula is C32H40N2O4. The molecular weight excluding hydrogens is 476 g/mol. The smallest absolute Gasteiger partial charge is 0.251 e. The molecule has 0 fully saturated rings. The molecule has 1 heterocycles. The molecule has 0 unspecified atom stereocenters. The largest absolute Gasteiger partial charge is 0.497 e. The molecule has 202 valence electrons. The maximum absolute atomic E-state index is 13.0. The van der Waals surface area contributed by atoms with Gasteiger partial charge in [0.15, 0.2) is 0 Å². The molecule has 6 heteroatoms. The Morgan fingerprint density at radius 1 is 1.00 bits per heavy atom. The number of fused-ring (bicyclic) bond motifs is 3. The summed E-state index contributed by atoms with van der Waals surface area (Å²) in [5.41, 5.74) is 5.25. The Morgan fingerprint density at radius 2 is 1.84 bits per heavy atom. The number of nitrogens with one attached hydrogen (secondary N) is 1. The highest BCUT2D eigenvalue weighted by molar-refractivity contribution is 5.94. The van der Waals surface area contributed by atoms with Crippen LogP contribution in [0.1, 0.15) is 46.5 Å². The number of rotatable bonds is 7. The molecule has 4 rings (SSSR count). The van der Waals surface area contributed by atoms with Gasteiger partial charge in [0.2, 0.25) is 0 Å². The zero-order valence-corrected chi connectivity index (χ0v) is 22.9. The summed E-state index contributed by atoms with van der Waals surface area (Å²) in [5, 5.41) is 3.06. The number of hydrogen-bond donors (Lipinski definition) is 1. The minimum atomic E-state index is -0.0866. The lowest BCUT2D eigenvalue weighted by molar-refractivity contribution is 0.0746. The molecule has 2 bridgehead atoms. The molecule has 6 nitrogen and oxygen atoms in total. The van der Waals surface area contributed by atoms with E-state index in [9.17, 15) is 4.79 Å². The zero-order valence-electron chi connectivity index (χ0n) is 22.9. The fourth-order valence-electron chi connectivity index (χ4n) is 4.82. The highest BCUT2D eigenvalue weighted by Crippen LogP contribution is 2.25. The topological polar surface area (TPSA) is 60.0 Å². The number of benzene rings is 3. The molecule has 1 aliphatic heterocycles. The van der Waals surface area contributed by atoms with Crippen LogP contribution in [0.5, 0.6) is 11.5 Å². The van der Waals surface area contributed by atoms with Gasteiger partial charge in [0, 0.05) is 38.2 Å². The minimum absolute atomic E-state index is 0.0866. The Hall–Kier alpha value is -3.35. The second-order valence-corrected chi connectivity index (χ2v) is 10.3. The lowest BCUT2D eigenvalue weighted by Crippen LogP contribution is -2.31. The van der Waals surface area contributed by atoms with Crippen molar-refractivity contribution in [3.8, 4) is 11.5 Å². The first kappa shape index (κ1) is 27.7. The van der Waals surface area contributed by atoms with Gasteiger partial charge in [0.25, 0.3) is 5.91 Å². The van der Waals surface area contributed by atoms with E-state index in [0.29, 0.717) is 44.3 Å². The molecule has 0 saturated carbocycles. The summed E-state index contributed by atoms with van der Waals surface area (Å²) in [6.07, 6.45) is 1.43. The van der Waals surface area contributed by atoms with E-state index in [4.69, 9.17) is 14.2 Å². The Morgan fingerprint density at radius 3 is 2.68 bits per heavy atom. The number of amides is 1. The fraction of sp³-hybridized carbons (Fsp3) is 0.406. The molecule has 0 saturated heterocycles. The minimum Gasteiger partial charge on any atom is -0.497 e. The Balaban J connectivity index is 1.48. The van der Waals surface area contributed by atoms with Gasteiger partial charge in [-0.1, -0.05) is 50.2 Å². The van der Waals surface area contributed by atoms with Crippen molar-refractivity contribution in [1.82, 2.24) is 10.2 Å². The van der Waals surface area contributed by atoms with Crippen molar-refractivity contribution in [2.45, 2.75) is 33.2 Å². The molecule has 3 aromatic carbocycles. The van der Waals surface area contributed by atoms with Gasteiger partial charge in [0.1, 0.15) is 18.1 Å². The van der Waals surface area contributed by atoms with Crippen molar-refractivity contribution < 1.29 is 19.0 Å². The predicted molar refractivity (Wildman–Crippen MR) is 151 cm³/mol. The molecule has 1 N–H and O–H groups in total. The van der Waals surface area contributed by atoms with Crippen molar-refractivity contribution in [3.05, 3.63) is 94.5 Å². The van der Waals surface area contributed by atoms with E-state index >= 15 is 0 Å². The van der Waals surface area contributed by atoms with Gasteiger partial charge >= 0.3 is 0 Å². The van der Waals surface area contributed by atoms with Gasteiger partial charge < -0.3 is 19.5 Å². The van der Waals surface area contributed by atoms with E-state index < -0.39 is 0 Å². The summed E-state index contributed by atoms with van der Waals surface area (Å²) < 4.78 is 17.3. The van der Waals surface area contributed by atoms with Crippen LogP contribution in [0.3, 0.4) is 0 Å². The van der Waals surface area contributed by atoms with Gasteiger partial charge in [-0.25, -0.2) is 0 Å². The third-order valence-corrected chi connectivity index (χ3v) is 6.61. The van der Waals surface area contributed by atoms with E-state index in [1.807, 2.05) is 42.5 Å². The molecule has 1 amide bonds. The standard InChI is InChI=1S/C32H40N2O4/c1-24(2)22-34-14-15-37-16-17-38-31-11-10-28(21-29(31)19-26-7-4-8-27(18-26)23-34)32(35)33-13-12-25-6-5-9-30(20-25)36-3/h4-11,18,20-21,24H,12-17,19,22-23H2,1-3H3,(H,33,35). The summed E-state index contributed by atoms with van der Waals surface area (Å²) in [4.78, 5) is 15.5. The van der Waals surface area contributed by atoms with E-state index in [2.05, 4.69) is 48.3 Å². The monoisotopic (exact) mass is 516 g/mol. The number of carbonyl (C=O) groups excluding carboxylic acids is 1. The average molecular weight is 517 g/mol. The van der Waals surface area contributed by atoms with Crippen molar-refractivity contribution in [2.24, 2.45) is 5.92 Å². The summed E-state index contributed by atoms with van der Waals surface area (Å²) in [5.74, 6) is 2.12. The number of ether oxygens (including phenoxy) is 3. The van der Waals surface area contributed by atoms with Crippen molar-refractivity contribution in [3.63, 3.8) is 0 Å². The summed E-state index contributed by atoms with van der Waals surface area (Å²) in [7, 11) is 1.66. The first-order valence-electron chi connectivity index (χ1n) is 13.5. The highest BCUT2D eigenvalue weighted by Gasteiger charge is 2.14. The lowest BCUT2D eigenvalue weighted by Gasteiger charge is -2.25. The van der Waals surface area contributed by atoms with Crippen molar-refractivity contribution >= 4 is 5.91 Å².